The van der Waals surface area contributed by atoms with E-state index in [1.807, 2.05) is 18.3 Å². The normalized spacial score (nSPS) is 15.8. The van der Waals surface area contributed by atoms with Crippen LogP contribution in [0.1, 0.15) is 29.2 Å². The number of aryl methyl sites for hydroxylation is 2. The molecule has 0 spiro atoms. The predicted molar refractivity (Wildman–Crippen MR) is 58.3 cm³/mol. The number of aliphatic hydroxyl groups excluding tert-OH is 1. The van der Waals surface area contributed by atoms with E-state index < -0.39 is 0 Å². The second kappa shape index (κ2) is 4.25. The van der Waals surface area contributed by atoms with E-state index in [2.05, 4.69) is 26.8 Å². The van der Waals surface area contributed by atoms with Crippen molar-refractivity contribution in [1.82, 2.24) is 0 Å². The van der Waals surface area contributed by atoms with Crippen LogP contribution in [0.15, 0.2) is 6.07 Å². The van der Waals surface area contributed by atoms with Gasteiger partial charge in [0.1, 0.15) is 0 Å². The summed E-state index contributed by atoms with van der Waals surface area (Å²) in [7, 11) is 0. The molecule has 0 bridgehead atoms. The van der Waals surface area contributed by atoms with Crippen molar-refractivity contribution in [1.29, 1.82) is 0 Å². The molecule has 0 radical (unpaired) electrons. The van der Waals surface area contributed by atoms with Crippen molar-refractivity contribution in [3.8, 4) is 0 Å². The van der Waals surface area contributed by atoms with Crippen LogP contribution in [0.2, 0.25) is 0 Å². The average molecular weight is 198 g/mol. The van der Waals surface area contributed by atoms with Gasteiger partial charge in [0.2, 0.25) is 0 Å². The smallest absolute Gasteiger partial charge is 0.0540 e. The summed E-state index contributed by atoms with van der Waals surface area (Å²) in [5, 5.41) is 9.38. The molecule has 0 fully saturated rings. The zero-order chi connectivity index (χ0) is 10.0. The Balaban J connectivity index is 2.68. The third-order valence-electron chi connectivity index (χ3n) is 2.51. The second-order valence-electron chi connectivity index (χ2n) is 3.86. The molecule has 0 aliphatic carbocycles. The van der Waals surface area contributed by atoms with Crippen LogP contribution in [-0.2, 0) is 6.42 Å². The van der Waals surface area contributed by atoms with Gasteiger partial charge in [0.15, 0.2) is 0 Å². The van der Waals surface area contributed by atoms with Crippen LogP contribution < -0.4 is 0 Å². The maximum absolute atomic E-state index is 9.38. The highest BCUT2D eigenvalue weighted by molar-refractivity contribution is 7.12. The van der Waals surface area contributed by atoms with Crippen molar-refractivity contribution in [2.45, 2.75) is 40.2 Å². The van der Waals surface area contributed by atoms with Crippen molar-refractivity contribution in [2.24, 2.45) is 5.92 Å². The van der Waals surface area contributed by atoms with Crippen molar-refractivity contribution in [3.63, 3.8) is 0 Å². The molecule has 0 saturated carbocycles. The molecule has 1 aromatic rings. The molecule has 74 valence electrons. The zero-order valence-corrected chi connectivity index (χ0v) is 9.61. The first-order chi connectivity index (χ1) is 6.00. The largest absolute Gasteiger partial charge is 0.393 e. The Morgan fingerprint density at radius 2 is 2.00 bits per heavy atom. The zero-order valence-electron chi connectivity index (χ0n) is 8.79. The van der Waals surface area contributed by atoms with Crippen molar-refractivity contribution in [3.05, 3.63) is 21.4 Å². The van der Waals surface area contributed by atoms with Crippen LogP contribution in [0.3, 0.4) is 0 Å². The molecule has 0 aliphatic rings. The van der Waals surface area contributed by atoms with Gasteiger partial charge in [-0.3, -0.25) is 0 Å². The van der Waals surface area contributed by atoms with E-state index in [9.17, 15) is 5.11 Å². The second-order valence-corrected chi connectivity index (χ2v) is 5.32. The predicted octanol–water partition coefficient (Wildman–Crippen LogP) is 2.92. The van der Waals surface area contributed by atoms with Gasteiger partial charge in [0, 0.05) is 9.75 Å². The monoisotopic (exact) mass is 198 g/mol. The molecular weight excluding hydrogens is 180 g/mol. The lowest BCUT2D eigenvalue weighted by atomic mass is 9.97. The molecule has 1 N–H and O–H groups in total. The average Bonchev–Trinajstić information content (AvgIpc) is 2.30. The third-order valence-corrected chi connectivity index (χ3v) is 3.52. The summed E-state index contributed by atoms with van der Waals surface area (Å²) < 4.78 is 0. The lowest BCUT2D eigenvalue weighted by molar-refractivity contribution is 0.135. The Morgan fingerprint density at radius 3 is 2.38 bits per heavy atom. The highest BCUT2D eigenvalue weighted by Gasteiger charge is 2.12. The van der Waals surface area contributed by atoms with Crippen LogP contribution in [0.4, 0.5) is 0 Å². The Labute approximate surface area is 84.4 Å². The summed E-state index contributed by atoms with van der Waals surface area (Å²) in [5.41, 5.74) is 1.40. The highest BCUT2D eigenvalue weighted by atomic mass is 32.1. The Kier molecular flexibility index (Phi) is 3.51. The molecule has 1 heterocycles. The minimum atomic E-state index is -0.209. The van der Waals surface area contributed by atoms with E-state index in [1.165, 1.54) is 15.3 Å². The topological polar surface area (TPSA) is 20.2 Å². The number of thiophene rings is 1. The van der Waals surface area contributed by atoms with Crippen LogP contribution in [0.5, 0.6) is 0 Å². The molecule has 13 heavy (non-hydrogen) atoms. The van der Waals surface area contributed by atoms with Gasteiger partial charge in [-0.1, -0.05) is 6.92 Å². The first-order valence-electron chi connectivity index (χ1n) is 4.74. The van der Waals surface area contributed by atoms with Gasteiger partial charge >= 0.3 is 0 Å². The SMILES string of the molecule is Cc1cc(CC(C)C(C)O)c(C)s1. The van der Waals surface area contributed by atoms with Crippen molar-refractivity contribution < 1.29 is 5.11 Å². The fraction of sp³-hybridized carbons (Fsp3) is 0.636. The molecule has 2 heteroatoms. The van der Waals surface area contributed by atoms with E-state index in [-0.39, 0.29) is 6.10 Å². The summed E-state index contributed by atoms with van der Waals surface area (Å²) in [4.78, 5) is 2.76. The van der Waals surface area contributed by atoms with Gasteiger partial charge in [-0.2, -0.15) is 0 Å². The van der Waals surface area contributed by atoms with E-state index in [0.29, 0.717) is 5.92 Å². The molecule has 0 saturated heterocycles. The molecule has 0 aromatic carbocycles. The first-order valence-corrected chi connectivity index (χ1v) is 5.56. The quantitative estimate of drug-likeness (QED) is 0.791. The van der Waals surface area contributed by atoms with Crippen LogP contribution in [0, 0.1) is 19.8 Å². The summed E-state index contributed by atoms with van der Waals surface area (Å²) in [6.07, 6.45) is 0.785. The van der Waals surface area contributed by atoms with E-state index in [0.717, 1.165) is 6.42 Å². The number of rotatable bonds is 3. The fourth-order valence-corrected chi connectivity index (χ4v) is 2.36. The van der Waals surface area contributed by atoms with Crippen LogP contribution >= 0.6 is 11.3 Å². The summed E-state index contributed by atoms with van der Waals surface area (Å²) >= 11 is 1.84. The van der Waals surface area contributed by atoms with E-state index in [1.54, 1.807) is 0 Å². The molecular formula is C11H18OS. The number of hydrogen-bond acceptors (Lipinski definition) is 2. The number of hydrogen-bond donors (Lipinski definition) is 1. The maximum Gasteiger partial charge on any atom is 0.0540 e. The lowest BCUT2D eigenvalue weighted by Crippen LogP contribution is -2.15. The molecule has 0 aliphatic heterocycles. The van der Waals surface area contributed by atoms with E-state index >= 15 is 0 Å². The molecule has 1 nitrogen and oxygen atoms in total. The van der Waals surface area contributed by atoms with Gasteiger partial charge in [-0.05, 0) is 44.7 Å². The summed E-state index contributed by atoms with van der Waals surface area (Å²) in [6, 6.07) is 2.24. The number of aliphatic hydroxyl groups is 1. The minimum absolute atomic E-state index is 0.209. The van der Waals surface area contributed by atoms with Crippen LogP contribution in [-0.4, -0.2) is 11.2 Å². The molecule has 0 amide bonds. The highest BCUT2D eigenvalue weighted by Crippen LogP contribution is 2.23. The Hall–Kier alpha value is -0.340. The van der Waals surface area contributed by atoms with Gasteiger partial charge in [0.25, 0.3) is 0 Å². The van der Waals surface area contributed by atoms with Gasteiger partial charge in [-0.15, -0.1) is 11.3 Å². The van der Waals surface area contributed by atoms with Gasteiger partial charge < -0.3 is 5.11 Å². The van der Waals surface area contributed by atoms with Crippen molar-refractivity contribution in [2.75, 3.05) is 0 Å². The van der Waals surface area contributed by atoms with Gasteiger partial charge in [-0.25, -0.2) is 0 Å². The van der Waals surface area contributed by atoms with Crippen molar-refractivity contribution >= 4 is 11.3 Å². The maximum atomic E-state index is 9.38. The van der Waals surface area contributed by atoms with Crippen LogP contribution in [0.25, 0.3) is 0 Å². The minimum Gasteiger partial charge on any atom is -0.393 e. The summed E-state index contributed by atoms with van der Waals surface area (Å²) in [5.74, 6) is 0.354. The fourth-order valence-electron chi connectivity index (χ4n) is 1.40. The first kappa shape index (κ1) is 10.7. The Morgan fingerprint density at radius 1 is 1.38 bits per heavy atom. The molecule has 1 aromatic heterocycles. The summed E-state index contributed by atoms with van der Waals surface area (Å²) in [6.45, 7) is 8.24. The van der Waals surface area contributed by atoms with E-state index in [4.69, 9.17) is 0 Å². The molecule has 2 atom stereocenters. The third kappa shape index (κ3) is 2.82. The standard InChI is InChI=1S/C11H18OS/c1-7(9(3)12)5-11-6-8(2)13-10(11)4/h6-7,9,12H,5H2,1-4H3. The lowest BCUT2D eigenvalue weighted by Gasteiger charge is -2.13. The molecule has 2 unspecified atom stereocenters. The molecule has 1 rings (SSSR count). The Bertz CT molecular complexity index is 276. The van der Waals surface area contributed by atoms with Gasteiger partial charge in [0.05, 0.1) is 6.10 Å².